The van der Waals surface area contributed by atoms with E-state index in [1.807, 2.05) is 31.3 Å². The van der Waals surface area contributed by atoms with E-state index in [1.165, 1.54) is 12.8 Å². The molecule has 3 rings (SSSR count). The van der Waals surface area contributed by atoms with Crippen molar-refractivity contribution in [3.63, 3.8) is 0 Å². The minimum atomic E-state index is -0.472. The van der Waals surface area contributed by atoms with Crippen molar-refractivity contribution in [3.05, 3.63) is 35.0 Å². The predicted molar refractivity (Wildman–Crippen MR) is 88.2 cm³/mol. The molecule has 1 saturated carbocycles. The number of fused-ring (bicyclic) bond motifs is 1. The minimum Gasteiger partial charge on any atom is -0.391 e. The van der Waals surface area contributed by atoms with Crippen LogP contribution in [-0.4, -0.2) is 28.2 Å². The van der Waals surface area contributed by atoms with Crippen LogP contribution in [0.15, 0.2) is 24.3 Å². The number of aliphatic hydroxyl groups is 1. The highest BCUT2D eigenvalue weighted by Gasteiger charge is 2.25. The highest BCUT2D eigenvalue weighted by Crippen LogP contribution is 2.30. The molecule has 0 spiro atoms. The zero-order valence-corrected chi connectivity index (χ0v) is 13.4. The number of halogens is 1. The molecular weight excluding hydrogens is 300 g/mol. The Bertz CT molecular complexity index is 650. The third-order valence-corrected chi connectivity index (χ3v) is 5.06. The third-order valence-electron chi connectivity index (χ3n) is 4.68. The summed E-state index contributed by atoms with van der Waals surface area (Å²) in [5.41, 5.74) is 1.37. The molecule has 1 fully saturated rings. The van der Waals surface area contributed by atoms with E-state index in [9.17, 15) is 9.90 Å². The molecular formula is C17H21ClN2O2. The third kappa shape index (κ3) is 2.73. The van der Waals surface area contributed by atoms with Crippen molar-refractivity contribution in [2.24, 2.45) is 13.0 Å². The van der Waals surface area contributed by atoms with Gasteiger partial charge in [-0.2, -0.15) is 0 Å². The van der Waals surface area contributed by atoms with Crippen LogP contribution in [0.1, 0.15) is 36.2 Å². The van der Waals surface area contributed by atoms with Gasteiger partial charge in [0.05, 0.1) is 11.1 Å². The maximum absolute atomic E-state index is 12.4. The minimum absolute atomic E-state index is 0.235. The summed E-state index contributed by atoms with van der Waals surface area (Å²) in [6, 6.07) is 7.66. The van der Waals surface area contributed by atoms with Gasteiger partial charge in [0.1, 0.15) is 5.69 Å². The van der Waals surface area contributed by atoms with Crippen molar-refractivity contribution in [3.8, 4) is 0 Å². The summed E-state index contributed by atoms with van der Waals surface area (Å²) in [7, 11) is 1.83. The van der Waals surface area contributed by atoms with Gasteiger partial charge in [-0.1, -0.05) is 42.6 Å². The number of aryl methyl sites for hydroxylation is 1. The second-order valence-corrected chi connectivity index (χ2v) is 6.44. The first-order valence-corrected chi connectivity index (χ1v) is 8.16. The van der Waals surface area contributed by atoms with Crippen molar-refractivity contribution >= 4 is 28.4 Å². The molecule has 2 N–H and O–H groups in total. The number of hydrogen-bond acceptors (Lipinski definition) is 2. The van der Waals surface area contributed by atoms with E-state index in [0.29, 0.717) is 16.6 Å². The number of carbonyl (C=O) groups excluding carboxylic acids is 1. The van der Waals surface area contributed by atoms with E-state index in [1.54, 1.807) is 4.57 Å². The fourth-order valence-electron chi connectivity index (χ4n) is 3.39. The first-order valence-electron chi connectivity index (χ1n) is 7.78. The topological polar surface area (TPSA) is 54.3 Å². The number of carbonyl (C=O) groups is 1. The molecule has 22 heavy (non-hydrogen) atoms. The number of nitrogens with one attached hydrogen (secondary N) is 1. The number of amides is 1. The number of nitrogens with zero attached hydrogens (tertiary/aromatic N) is 1. The molecule has 1 aromatic carbocycles. The molecule has 0 bridgehead atoms. The summed E-state index contributed by atoms with van der Waals surface area (Å²) in [6.07, 6.45) is 3.97. The van der Waals surface area contributed by atoms with Crippen LogP contribution >= 0.6 is 11.6 Å². The van der Waals surface area contributed by atoms with Crippen LogP contribution in [-0.2, 0) is 7.05 Å². The van der Waals surface area contributed by atoms with Gasteiger partial charge in [0.2, 0.25) is 0 Å². The summed E-state index contributed by atoms with van der Waals surface area (Å²) in [4.78, 5) is 12.4. The number of para-hydroxylation sites is 1. The molecule has 0 aliphatic heterocycles. The lowest BCUT2D eigenvalue weighted by Crippen LogP contribution is -2.36. The first-order chi connectivity index (χ1) is 10.6. The van der Waals surface area contributed by atoms with Crippen LogP contribution in [0.2, 0.25) is 5.02 Å². The molecule has 4 nitrogen and oxygen atoms in total. The highest BCUT2D eigenvalue weighted by atomic mass is 35.5. The summed E-state index contributed by atoms with van der Waals surface area (Å²) in [5, 5.41) is 14.3. The number of hydrogen-bond donors (Lipinski definition) is 2. The second kappa shape index (κ2) is 6.31. The SMILES string of the molecule is Cn1c(C(=O)NCC(O)C2CCCC2)c(Cl)c2ccccc21. The molecule has 1 amide bonds. The molecule has 1 aromatic heterocycles. The average Bonchev–Trinajstić information content (AvgIpc) is 3.14. The van der Waals surface area contributed by atoms with Crippen LogP contribution in [0.3, 0.4) is 0 Å². The van der Waals surface area contributed by atoms with Gasteiger partial charge in [-0.25, -0.2) is 0 Å². The van der Waals surface area contributed by atoms with Crippen LogP contribution < -0.4 is 5.32 Å². The van der Waals surface area contributed by atoms with E-state index in [0.717, 1.165) is 23.7 Å². The molecule has 5 heteroatoms. The van der Waals surface area contributed by atoms with Gasteiger partial charge >= 0.3 is 0 Å². The summed E-state index contributed by atoms with van der Waals surface area (Å²) in [6.45, 7) is 0.279. The number of aromatic nitrogens is 1. The van der Waals surface area contributed by atoms with E-state index in [4.69, 9.17) is 11.6 Å². The Hall–Kier alpha value is -1.52. The zero-order valence-electron chi connectivity index (χ0n) is 12.7. The Morgan fingerprint density at radius 3 is 2.77 bits per heavy atom. The van der Waals surface area contributed by atoms with Crippen LogP contribution in [0.4, 0.5) is 0 Å². The standard InChI is InChI=1S/C17H21ClN2O2/c1-20-13-9-5-4-8-12(13)15(18)16(20)17(22)19-10-14(21)11-6-2-3-7-11/h4-5,8-9,11,14,21H,2-3,6-7,10H2,1H3,(H,19,22). The lowest BCUT2D eigenvalue weighted by Gasteiger charge is -2.18. The van der Waals surface area contributed by atoms with Crippen molar-refractivity contribution in [2.45, 2.75) is 31.8 Å². The van der Waals surface area contributed by atoms with Gasteiger partial charge < -0.3 is 15.0 Å². The molecule has 1 unspecified atom stereocenters. The van der Waals surface area contributed by atoms with Gasteiger partial charge in [-0.05, 0) is 24.8 Å². The fraction of sp³-hybridized carbons (Fsp3) is 0.471. The van der Waals surface area contributed by atoms with E-state index < -0.39 is 6.10 Å². The van der Waals surface area contributed by atoms with Gasteiger partial charge in [-0.15, -0.1) is 0 Å². The van der Waals surface area contributed by atoms with Crippen LogP contribution in [0.5, 0.6) is 0 Å². The highest BCUT2D eigenvalue weighted by molar-refractivity contribution is 6.38. The van der Waals surface area contributed by atoms with Crippen molar-refractivity contribution in [1.29, 1.82) is 0 Å². The molecule has 2 aromatic rings. The Labute approximate surface area is 135 Å². The smallest absolute Gasteiger partial charge is 0.269 e. The Balaban J connectivity index is 1.75. The second-order valence-electron chi connectivity index (χ2n) is 6.06. The summed E-state index contributed by atoms with van der Waals surface area (Å²) in [5.74, 6) is 0.0732. The zero-order chi connectivity index (χ0) is 15.7. The predicted octanol–water partition coefficient (Wildman–Crippen LogP) is 3.11. The van der Waals surface area contributed by atoms with E-state index in [2.05, 4.69) is 5.32 Å². The fourth-order valence-corrected chi connectivity index (χ4v) is 3.76. The maximum Gasteiger partial charge on any atom is 0.269 e. The van der Waals surface area contributed by atoms with Crippen LogP contribution in [0.25, 0.3) is 10.9 Å². The van der Waals surface area contributed by atoms with Gasteiger partial charge in [-0.3, -0.25) is 4.79 Å². The van der Waals surface area contributed by atoms with E-state index in [-0.39, 0.29) is 12.5 Å². The van der Waals surface area contributed by atoms with Gasteiger partial charge in [0, 0.05) is 24.5 Å². The molecule has 118 valence electrons. The summed E-state index contributed by atoms with van der Waals surface area (Å²) < 4.78 is 1.80. The molecule has 1 aliphatic rings. The Kier molecular flexibility index (Phi) is 4.41. The molecule has 0 saturated heterocycles. The lowest BCUT2D eigenvalue weighted by molar-refractivity contribution is 0.0834. The molecule has 1 atom stereocenters. The van der Waals surface area contributed by atoms with Gasteiger partial charge in [0.15, 0.2) is 0 Å². The largest absolute Gasteiger partial charge is 0.391 e. The number of rotatable bonds is 4. The normalized spacial score (nSPS) is 17.0. The molecule has 0 radical (unpaired) electrons. The number of benzene rings is 1. The Morgan fingerprint density at radius 1 is 1.41 bits per heavy atom. The number of aliphatic hydroxyl groups excluding tert-OH is 1. The maximum atomic E-state index is 12.4. The Morgan fingerprint density at radius 2 is 2.09 bits per heavy atom. The lowest BCUT2D eigenvalue weighted by atomic mass is 10.0. The van der Waals surface area contributed by atoms with Crippen LogP contribution in [0, 0.1) is 5.92 Å². The monoisotopic (exact) mass is 320 g/mol. The quantitative estimate of drug-likeness (QED) is 0.909. The van der Waals surface area contributed by atoms with E-state index >= 15 is 0 Å². The average molecular weight is 321 g/mol. The first kappa shape index (κ1) is 15.4. The van der Waals surface area contributed by atoms with Gasteiger partial charge in [0.25, 0.3) is 5.91 Å². The van der Waals surface area contributed by atoms with Crippen molar-refractivity contribution < 1.29 is 9.90 Å². The molecule has 1 heterocycles. The summed E-state index contributed by atoms with van der Waals surface area (Å²) >= 11 is 6.36. The van der Waals surface area contributed by atoms with Crippen molar-refractivity contribution in [1.82, 2.24) is 9.88 Å². The van der Waals surface area contributed by atoms with Crippen molar-refractivity contribution in [2.75, 3.05) is 6.54 Å². The molecule has 1 aliphatic carbocycles.